The van der Waals surface area contributed by atoms with Crippen molar-refractivity contribution in [3.63, 3.8) is 0 Å². The molecule has 9 nitrogen and oxygen atoms in total. The second-order valence-electron chi connectivity index (χ2n) is 5.75. The lowest BCUT2D eigenvalue weighted by atomic mass is 10.2. The van der Waals surface area contributed by atoms with E-state index in [9.17, 15) is 23.6 Å². The second-order valence-corrected chi connectivity index (χ2v) is 5.75. The van der Waals surface area contributed by atoms with E-state index in [1.165, 1.54) is 6.20 Å². The number of carbonyl (C=O) groups is 2. The van der Waals surface area contributed by atoms with E-state index in [1.807, 2.05) is 0 Å². The van der Waals surface area contributed by atoms with Crippen molar-refractivity contribution < 1.29 is 14.0 Å². The molecule has 0 unspecified atom stereocenters. The Labute approximate surface area is 153 Å². The Bertz CT molecular complexity index is 894. The van der Waals surface area contributed by atoms with Gasteiger partial charge >= 0.3 is 11.7 Å². The molecule has 0 spiro atoms. The van der Waals surface area contributed by atoms with E-state index >= 15 is 0 Å². The molecular formula is C17H20FN5O4. The van der Waals surface area contributed by atoms with Gasteiger partial charge in [0.1, 0.15) is 0 Å². The van der Waals surface area contributed by atoms with Crippen LogP contribution in [0.2, 0.25) is 0 Å². The fourth-order valence-corrected chi connectivity index (χ4v) is 2.28. The van der Waals surface area contributed by atoms with Gasteiger partial charge in [0, 0.05) is 25.5 Å². The van der Waals surface area contributed by atoms with Crippen LogP contribution in [0.15, 0.2) is 40.3 Å². The zero-order chi connectivity index (χ0) is 19.6. The molecule has 2 amide bonds. The summed E-state index contributed by atoms with van der Waals surface area (Å²) in [7, 11) is 0. The Kier molecular flexibility index (Phi) is 7.41. The number of pyridine rings is 1. The highest BCUT2D eigenvalue weighted by Crippen LogP contribution is 1.99. The molecule has 2 heterocycles. The van der Waals surface area contributed by atoms with Crippen molar-refractivity contribution >= 4 is 11.9 Å². The summed E-state index contributed by atoms with van der Waals surface area (Å²) in [5.41, 5.74) is -1.66. The molecule has 0 fully saturated rings. The summed E-state index contributed by atoms with van der Waals surface area (Å²) in [5.74, 6) is -1.38. The minimum atomic E-state index is -1.21. The number of amides is 2. The topological polar surface area (TPSA) is 126 Å². The Hall–Kier alpha value is -3.30. The standard InChI is InChI=1S/C17H20FN5O4/c18-13-11-23(17(27)22-15(13)25)16(26)21-9-4-2-1-3-8-20-14(24)12-6-5-7-19-10-12/h5-7,10-11H,1-4,8-9H2,(H,20,24)(H,21,26)(H,22,25,27). The largest absolute Gasteiger partial charge is 0.352 e. The van der Waals surface area contributed by atoms with Crippen LogP contribution >= 0.6 is 0 Å². The minimum absolute atomic E-state index is 0.172. The van der Waals surface area contributed by atoms with Gasteiger partial charge in [-0.2, -0.15) is 4.39 Å². The van der Waals surface area contributed by atoms with E-state index in [0.29, 0.717) is 35.8 Å². The van der Waals surface area contributed by atoms with Crippen molar-refractivity contribution in [2.75, 3.05) is 13.1 Å². The Morgan fingerprint density at radius 1 is 1.11 bits per heavy atom. The molecule has 0 aliphatic heterocycles. The summed E-state index contributed by atoms with van der Waals surface area (Å²) in [6.45, 7) is 0.834. The van der Waals surface area contributed by atoms with E-state index in [-0.39, 0.29) is 5.91 Å². The van der Waals surface area contributed by atoms with E-state index in [2.05, 4.69) is 15.6 Å². The van der Waals surface area contributed by atoms with E-state index in [0.717, 1.165) is 19.3 Å². The molecule has 0 aliphatic rings. The second kappa shape index (κ2) is 10.00. The average molecular weight is 377 g/mol. The van der Waals surface area contributed by atoms with Gasteiger partial charge in [-0.3, -0.25) is 19.6 Å². The number of hydrogen-bond donors (Lipinski definition) is 3. The number of H-pyrrole nitrogens is 1. The SMILES string of the molecule is O=C(NCCCCCCNC(=O)n1cc(F)c(=O)[nH]c1=O)c1cccnc1. The zero-order valence-corrected chi connectivity index (χ0v) is 14.5. The first-order chi connectivity index (χ1) is 13.0. The van der Waals surface area contributed by atoms with Crippen LogP contribution < -0.4 is 21.9 Å². The van der Waals surface area contributed by atoms with Gasteiger partial charge in [-0.15, -0.1) is 0 Å². The summed E-state index contributed by atoms with van der Waals surface area (Å²) in [6, 6.07) is 2.57. The number of nitrogens with one attached hydrogen (secondary N) is 3. The summed E-state index contributed by atoms with van der Waals surface area (Å²) in [4.78, 5) is 51.5. The van der Waals surface area contributed by atoms with Crippen molar-refractivity contribution in [3.05, 3.63) is 62.9 Å². The van der Waals surface area contributed by atoms with Crippen LogP contribution in [0.3, 0.4) is 0 Å². The van der Waals surface area contributed by atoms with Crippen molar-refractivity contribution in [2.45, 2.75) is 25.7 Å². The quantitative estimate of drug-likeness (QED) is 0.582. The van der Waals surface area contributed by atoms with Crippen molar-refractivity contribution in [1.82, 2.24) is 25.2 Å². The van der Waals surface area contributed by atoms with Gasteiger partial charge in [-0.1, -0.05) is 12.8 Å². The number of rotatable bonds is 8. The van der Waals surface area contributed by atoms with Crippen LogP contribution in [0.25, 0.3) is 0 Å². The van der Waals surface area contributed by atoms with Gasteiger partial charge in [0.25, 0.3) is 11.5 Å². The molecule has 2 rings (SSSR count). The maximum absolute atomic E-state index is 13.1. The lowest BCUT2D eigenvalue weighted by Gasteiger charge is -2.07. The molecule has 3 N–H and O–H groups in total. The maximum atomic E-state index is 13.1. The van der Waals surface area contributed by atoms with Crippen LogP contribution in [-0.2, 0) is 0 Å². The molecule has 2 aromatic rings. The van der Waals surface area contributed by atoms with Crippen LogP contribution in [-0.4, -0.2) is 39.6 Å². The lowest BCUT2D eigenvalue weighted by Crippen LogP contribution is -2.40. The predicted molar refractivity (Wildman–Crippen MR) is 95.1 cm³/mol. The molecule has 0 saturated carbocycles. The van der Waals surface area contributed by atoms with Crippen LogP contribution in [0.4, 0.5) is 9.18 Å². The van der Waals surface area contributed by atoms with Gasteiger partial charge in [-0.25, -0.2) is 14.2 Å². The fourth-order valence-electron chi connectivity index (χ4n) is 2.28. The number of aromatic nitrogens is 3. The molecule has 2 aromatic heterocycles. The third kappa shape index (κ3) is 6.17. The smallest absolute Gasteiger partial charge is 0.336 e. The normalized spacial score (nSPS) is 10.4. The molecule has 0 aromatic carbocycles. The molecule has 144 valence electrons. The number of nitrogens with zero attached hydrogens (tertiary/aromatic N) is 2. The van der Waals surface area contributed by atoms with Gasteiger partial charge in [0.05, 0.1) is 11.8 Å². The average Bonchev–Trinajstić information content (AvgIpc) is 2.67. The van der Waals surface area contributed by atoms with Crippen LogP contribution in [0.1, 0.15) is 36.0 Å². The van der Waals surface area contributed by atoms with Gasteiger partial charge < -0.3 is 10.6 Å². The Morgan fingerprint density at radius 3 is 2.48 bits per heavy atom. The van der Waals surface area contributed by atoms with E-state index < -0.39 is 23.1 Å². The predicted octanol–water partition coefficient (Wildman–Crippen LogP) is 0.619. The van der Waals surface area contributed by atoms with E-state index in [1.54, 1.807) is 23.3 Å². The highest BCUT2D eigenvalue weighted by molar-refractivity contribution is 5.93. The van der Waals surface area contributed by atoms with Crippen molar-refractivity contribution in [1.29, 1.82) is 0 Å². The number of hydrogen-bond acceptors (Lipinski definition) is 5. The highest BCUT2D eigenvalue weighted by atomic mass is 19.1. The minimum Gasteiger partial charge on any atom is -0.352 e. The first kappa shape index (κ1) is 20.0. The van der Waals surface area contributed by atoms with Gasteiger partial charge in [0.15, 0.2) is 0 Å². The lowest BCUT2D eigenvalue weighted by molar-refractivity contribution is 0.0952. The highest BCUT2D eigenvalue weighted by Gasteiger charge is 2.10. The summed E-state index contributed by atoms with van der Waals surface area (Å²) in [5, 5.41) is 5.27. The monoisotopic (exact) mass is 377 g/mol. The molecule has 0 aliphatic carbocycles. The van der Waals surface area contributed by atoms with Crippen molar-refractivity contribution in [2.24, 2.45) is 0 Å². The number of aromatic amines is 1. The molecule has 0 atom stereocenters. The Morgan fingerprint density at radius 2 is 1.81 bits per heavy atom. The zero-order valence-electron chi connectivity index (χ0n) is 14.5. The molecule has 0 bridgehead atoms. The number of unbranched alkanes of at least 4 members (excludes halogenated alkanes) is 3. The van der Waals surface area contributed by atoms with E-state index in [4.69, 9.17) is 0 Å². The summed E-state index contributed by atoms with van der Waals surface area (Å²) >= 11 is 0. The summed E-state index contributed by atoms with van der Waals surface area (Å²) in [6.07, 6.45) is 6.74. The number of carbonyl (C=O) groups excluding carboxylic acids is 2. The van der Waals surface area contributed by atoms with Gasteiger partial charge in [-0.05, 0) is 25.0 Å². The Balaban J connectivity index is 1.59. The fraction of sp³-hybridized carbons (Fsp3) is 0.353. The molecule has 0 saturated heterocycles. The third-order valence-corrected chi connectivity index (χ3v) is 3.71. The molecule has 10 heteroatoms. The maximum Gasteiger partial charge on any atom is 0.336 e. The van der Waals surface area contributed by atoms with Gasteiger partial charge in [0.2, 0.25) is 5.82 Å². The molecule has 0 radical (unpaired) electrons. The molecular weight excluding hydrogens is 357 g/mol. The first-order valence-corrected chi connectivity index (χ1v) is 8.47. The number of halogens is 1. The molecule has 27 heavy (non-hydrogen) atoms. The van der Waals surface area contributed by atoms with Crippen LogP contribution in [0, 0.1) is 5.82 Å². The summed E-state index contributed by atoms with van der Waals surface area (Å²) < 4.78 is 13.6. The van der Waals surface area contributed by atoms with Crippen molar-refractivity contribution in [3.8, 4) is 0 Å². The van der Waals surface area contributed by atoms with Crippen LogP contribution in [0.5, 0.6) is 0 Å². The first-order valence-electron chi connectivity index (χ1n) is 8.47. The third-order valence-electron chi connectivity index (χ3n) is 3.71.